The lowest BCUT2D eigenvalue weighted by Gasteiger charge is -1.88. The highest BCUT2D eigenvalue weighted by Crippen LogP contribution is 2.28. The van der Waals surface area contributed by atoms with Crippen LogP contribution in [0.2, 0.25) is 0 Å². The van der Waals surface area contributed by atoms with Crippen molar-refractivity contribution in [3.05, 3.63) is 17.0 Å². The summed E-state index contributed by atoms with van der Waals surface area (Å²) in [6, 6.07) is 1.70. The van der Waals surface area contributed by atoms with Crippen LogP contribution in [0, 0.1) is 0 Å². The van der Waals surface area contributed by atoms with Crippen LogP contribution >= 0.6 is 22.7 Å². The van der Waals surface area contributed by atoms with Gasteiger partial charge in [-0.2, -0.15) is 0 Å². The van der Waals surface area contributed by atoms with Gasteiger partial charge in [0.1, 0.15) is 0 Å². The smallest absolute Gasteiger partial charge is 0.423 e. The van der Waals surface area contributed by atoms with Gasteiger partial charge < -0.3 is 10.0 Å². The van der Waals surface area contributed by atoms with Gasteiger partial charge in [0.2, 0.25) is 0 Å². The second-order valence-electron chi connectivity index (χ2n) is 2.52. The average Bonchev–Trinajstić information content (AvgIpc) is 2.60. The fourth-order valence-electron chi connectivity index (χ4n) is 1.07. The van der Waals surface area contributed by atoms with Crippen LogP contribution in [0.4, 0.5) is 0 Å². The predicted molar refractivity (Wildman–Crippen MR) is 54.9 cm³/mol. The highest BCUT2D eigenvalue weighted by molar-refractivity contribution is 7.33. The molecule has 2 rings (SSSR count). The molecule has 0 aliphatic heterocycles. The van der Waals surface area contributed by atoms with E-state index in [-0.39, 0.29) is 0 Å². The normalized spacial score (nSPS) is 10.6. The fraction of sp³-hybridized carbons (Fsp3) is 0. The highest BCUT2D eigenvalue weighted by atomic mass is 32.1. The van der Waals surface area contributed by atoms with Gasteiger partial charge in [-0.15, -0.1) is 22.7 Å². The van der Waals surface area contributed by atoms with E-state index in [4.69, 9.17) is 10.0 Å². The third-order valence-corrected chi connectivity index (χ3v) is 3.97. The van der Waals surface area contributed by atoms with Crippen molar-refractivity contribution >= 4 is 50.3 Å². The maximum atomic E-state index is 10.5. The first-order chi connectivity index (χ1) is 6.22. The fourth-order valence-corrected chi connectivity index (χ4v) is 3.24. The summed E-state index contributed by atoms with van der Waals surface area (Å²) in [4.78, 5) is 10.5. The maximum absolute atomic E-state index is 10.5. The summed E-state index contributed by atoms with van der Waals surface area (Å²) >= 11 is 2.68. The zero-order chi connectivity index (χ0) is 9.42. The zero-order valence-corrected chi connectivity index (χ0v) is 8.06. The molecule has 0 spiro atoms. The number of carbonyl (C=O) groups is 1. The van der Waals surface area contributed by atoms with Gasteiger partial charge in [-0.05, 0) is 6.07 Å². The quantitative estimate of drug-likeness (QED) is 0.561. The molecule has 2 heterocycles. The molecule has 2 N–H and O–H groups in total. The van der Waals surface area contributed by atoms with E-state index in [0.29, 0.717) is 10.3 Å². The Morgan fingerprint density at radius 1 is 1.46 bits per heavy atom. The van der Waals surface area contributed by atoms with Gasteiger partial charge >= 0.3 is 7.12 Å². The van der Waals surface area contributed by atoms with Crippen LogP contribution in [0.25, 0.3) is 9.40 Å². The number of thiophene rings is 2. The molecule has 2 aromatic rings. The Morgan fingerprint density at radius 3 is 2.85 bits per heavy atom. The Morgan fingerprint density at radius 2 is 2.23 bits per heavy atom. The van der Waals surface area contributed by atoms with Gasteiger partial charge in [-0.3, -0.25) is 4.79 Å². The summed E-state index contributed by atoms with van der Waals surface area (Å²) in [5.74, 6) is 0. The lowest BCUT2D eigenvalue weighted by molar-refractivity contribution is 0.112. The molecular formula is C7H5BO3S2. The van der Waals surface area contributed by atoms with Crippen LogP contribution in [0.15, 0.2) is 11.4 Å². The topological polar surface area (TPSA) is 57.5 Å². The summed E-state index contributed by atoms with van der Waals surface area (Å²) in [5, 5.41) is 19.5. The van der Waals surface area contributed by atoms with Crippen LogP contribution in [0.5, 0.6) is 0 Å². The zero-order valence-electron chi connectivity index (χ0n) is 6.43. The Bertz CT molecular complexity index is 445. The van der Waals surface area contributed by atoms with E-state index in [1.54, 1.807) is 11.4 Å². The van der Waals surface area contributed by atoms with Gasteiger partial charge in [-0.1, -0.05) is 0 Å². The number of carbonyl (C=O) groups excluding carboxylic acids is 1. The molecule has 0 atom stereocenters. The molecule has 6 heteroatoms. The molecule has 0 saturated carbocycles. The van der Waals surface area contributed by atoms with Crippen molar-refractivity contribution < 1.29 is 14.8 Å². The molecule has 3 nitrogen and oxygen atoms in total. The number of rotatable bonds is 2. The number of aldehydes is 1. The van der Waals surface area contributed by atoms with Gasteiger partial charge in [0, 0.05) is 20.4 Å². The van der Waals surface area contributed by atoms with Gasteiger partial charge in [0.15, 0.2) is 6.29 Å². The number of fused-ring (bicyclic) bond motifs is 1. The van der Waals surface area contributed by atoms with Crippen LogP contribution in [-0.2, 0) is 0 Å². The first kappa shape index (κ1) is 8.89. The first-order valence-electron chi connectivity index (χ1n) is 3.54. The molecule has 0 saturated heterocycles. The predicted octanol–water partition coefficient (Wildman–Crippen LogP) is 0.455. The third kappa shape index (κ3) is 1.42. The lowest BCUT2D eigenvalue weighted by Crippen LogP contribution is -2.26. The summed E-state index contributed by atoms with van der Waals surface area (Å²) < 4.78 is 2.24. The van der Waals surface area contributed by atoms with Gasteiger partial charge in [0.25, 0.3) is 0 Å². The molecule has 0 unspecified atom stereocenters. The maximum Gasteiger partial charge on any atom is 0.499 e. The summed E-state index contributed by atoms with van der Waals surface area (Å²) in [6.07, 6.45) is 0.781. The van der Waals surface area contributed by atoms with E-state index in [1.165, 1.54) is 22.7 Å². The summed E-state index contributed by atoms with van der Waals surface area (Å²) in [7, 11) is -1.44. The molecule has 13 heavy (non-hydrogen) atoms. The van der Waals surface area contributed by atoms with E-state index < -0.39 is 7.12 Å². The van der Waals surface area contributed by atoms with Crippen molar-refractivity contribution in [3.63, 3.8) is 0 Å². The van der Waals surface area contributed by atoms with Gasteiger partial charge in [-0.25, -0.2) is 0 Å². The molecule has 0 fully saturated rings. The van der Waals surface area contributed by atoms with Crippen molar-refractivity contribution in [1.29, 1.82) is 0 Å². The second kappa shape index (κ2) is 3.23. The minimum absolute atomic E-state index is 0.477. The minimum atomic E-state index is -1.44. The van der Waals surface area contributed by atoms with E-state index in [0.717, 1.165) is 15.7 Å². The van der Waals surface area contributed by atoms with E-state index >= 15 is 0 Å². The minimum Gasteiger partial charge on any atom is -0.423 e. The standard InChI is InChI=1S/C7H5BO3S2/c9-2-4-3-12-5-1-6(8(10)11)13-7(4)5/h1-3,10-11H. The second-order valence-corrected chi connectivity index (χ2v) is 4.52. The Labute approximate surface area is 82.4 Å². The van der Waals surface area contributed by atoms with E-state index in [9.17, 15) is 4.79 Å². The van der Waals surface area contributed by atoms with Crippen LogP contribution in [-0.4, -0.2) is 23.5 Å². The molecule has 0 bridgehead atoms. The van der Waals surface area contributed by atoms with Crippen molar-refractivity contribution in [3.8, 4) is 0 Å². The number of hydrogen-bond acceptors (Lipinski definition) is 5. The SMILES string of the molecule is O=Cc1csc2cc(B(O)O)sc12. The van der Waals surface area contributed by atoms with Crippen LogP contribution in [0.3, 0.4) is 0 Å². The van der Waals surface area contributed by atoms with E-state index in [1.807, 2.05) is 0 Å². The molecule has 0 aromatic carbocycles. The van der Waals surface area contributed by atoms with Crippen LogP contribution in [0.1, 0.15) is 10.4 Å². The van der Waals surface area contributed by atoms with Crippen molar-refractivity contribution in [2.75, 3.05) is 0 Å². The first-order valence-corrected chi connectivity index (χ1v) is 5.24. The van der Waals surface area contributed by atoms with Crippen molar-refractivity contribution in [1.82, 2.24) is 0 Å². The van der Waals surface area contributed by atoms with Crippen LogP contribution < -0.4 is 4.78 Å². The highest BCUT2D eigenvalue weighted by Gasteiger charge is 2.16. The Kier molecular flexibility index (Phi) is 2.21. The average molecular weight is 212 g/mol. The molecule has 66 valence electrons. The monoisotopic (exact) mass is 212 g/mol. The third-order valence-electron chi connectivity index (χ3n) is 1.67. The largest absolute Gasteiger partial charge is 0.499 e. The van der Waals surface area contributed by atoms with Crippen molar-refractivity contribution in [2.45, 2.75) is 0 Å². The Hall–Kier alpha value is -0.685. The number of hydrogen-bond donors (Lipinski definition) is 2. The molecule has 0 amide bonds. The molecule has 2 aromatic heterocycles. The Balaban J connectivity index is 2.62. The summed E-state index contributed by atoms with van der Waals surface area (Å²) in [5.41, 5.74) is 0.622. The molecule has 0 aliphatic carbocycles. The molecule has 0 aliphatic rings. The molecule has 0 radical (unpaired) electrons. The van der Waals surface area contributed by atoms with Gasteiger partial charge in [0.05, 0.1) is 4.70 Å². The summed E-state index contributed by atoms with van der Waals surface area (Å²) in [6.45, 7) is 0. The van der Waals surface area contributed by atoms with Crippen molar-refractivity contribution in [2.24, 2.45) is 0 Å². The lowest BCUT2D eigenvalue weighted by atomic mass is 9.90. The van der Waals surface area contributed by atoms with E-state index in [2.05, 4.69) is 0 Å². The molecular weight excluding hydrogens is 207 g/mol.